The second kappa shape index (κ2) is 5.71. The molecule has 0 bridgehead atoms. The Morgan fingerprint density at radius 1 is 1.26 bits per heavy atom. The molecule has 0 aromatic heterocycles. The van der Waals surface area contributed by atoms with Crippen molar-refractivity contribution in [1.82, 2.24) is 10.2 Å². The lowest BCUT2D eigenvalue weighted by molar-refractivity contribution is -0.128. The Labute approximate surface area is 119 Å². The highest BCUT2D eigenvalue weighted by molar-refractivity contribution is 5.07. The third kappa shape index (κ3) is 2.57. The van der Waals surface area contributed by atoms with Crippen LogP contribution >= 0.6 is 0 Å². The molecular formula is C16H32N2O. The summed E-state index contributed by atoms with van der Waals surface area (Å²) in [6.45, 7) is 8.77. The summed E-state index contributed by atoms with van der Waals surface area (Å²) >= 11 is 0. The number of ether oxygens (including phenoxy) is 1. The van der Waals surface area contributed by atoms with Crippen LogP contribution in [-0.4, -0.2) is 49.8 Å². The first-order chi connectivity index (χ1) is 8.98. The number of nitrogens with one attached hydrogen (secondary N) is 1. The first-order valence-corrected chi connectivity index (χ1v) is 8.01. The molecule has 3 atom stereocenters. The second-order valence-electron chi connectivity index (χ2n) is 6.94. The van der Waals surface area contributed by atoms with E-state index in [1.54, 1.807) is 0 Å². The first-order valence-electron chi connectivity index (χ1n) is 8.01. The van der Waals surface area contributed by atoms with Gasteiger partial charge in [0.2, 0.25) is 0 Å². The van der Waals surface area contributed by atoms with Crippen molar-refractivity contribution >= 4 is 0 Å². The van der Waals surface area contributed by atoms with Gasteiger partial charge in [-0.15, -0.1) is 0 Å². The molecule has 2 aliphatic carbocycles. The molecule has 19 heavy (non-hydrogen) atoms. The van der Waals surface area contributed by atoms with Gasteiger partial charge in [0, 0.05) is 30.1 Å². The summed E-state index contributed by atoms with van der Waals surface area (Å²) in [5.41, 5.74) is 0.749. The fourth-order valence-corrected chi connectivity index (χ4v) is 3.75. The fourth-order valence-electron chi connectivity index (χ4n) is 3.75. The molecule has 1 N–H and O–H groups in total. The van der Waals surface area contributed by atoms with Crippen molar-refractivity contribution in [1.29, 1.82) is 0 Å². The van der Waals surface area contributed by atoms with Gasteiger partial charge in [0.05, 0.1) is 6.10 Å². The van der Waals surface area contributed by atoms with E-state index in [-0.39, 0.29) is 0 Å². The van der Waals surface area contributed by atoms with E-state index in [9.17, 15) is 0 Å². The fraction of sp³-hybridized carbons (Fsp3) is 1.00. The minimum absolute atomic E-state index is 0.327. The summed E-state index contributed by atoms with van der Waals surface area (Å²) in [4.78, 5) is 2.42. The normalized spacial score (nSPS) is 36.9. The smallest absolute Gasteiger partial charge is 0.0658 e. The van der Waals surface area contributed by atoms with Crippen LogP contribution in [-0.2, 0) is 4.74 Å². The van der Waals surface area contributed by atoms with Crippen LogP contribution in [0.25, 0.3) is 0 Å². The molecule has 3 nitrogen and oxygen atoms in total. The summed E-state index contributed by atoms with van der Waals surface area (Å²) in [7, 11) is 4.45. The molecule has 112 valence electrons. The first kappa shape index (κ1) is 15.3. The molecule has 0 aromatic carbocycles. The van der Waals surface area contributed by atoms with Gasteiger partial charge in [0.25, 0.3) is 0 Å². The number of hydrogen-bond donors (Lipinski definition) is 1. The number of nitrogens with zero attached hydrogens (tertiary/aromatic N) is 1. The molecule has 2 fully saturated rings. The Kier molecular flexibility index (Phi) is 4.59. The number of hydrogen-bond acceptors (Lipinski definition) is 3. The lowest BCUT2D eigenvalue weighted by atomic mass is 9.61. The van der Waals surface area contributed by atoms with Gasteiger partial charge in [-0.2, -0.15) is 0 Å². The highest BCUT2D eigenvalue weighted by Gasteiger charge is 2.51. The van der Waals surface area contributed by atoms with Crippen LogP contribution in [0, 0.1) is 5.41 Å². The summed E-state index contributed by atoms with van der Waals surface area (Å²) < 4.78 is 5.88. The van der Waals surface area contributed by atoms with Crippen LogP contribution in [0.2, 0.25) is 0 Å². The van der Waals surface area contributed by atoms with Crippen molar-refractivity contribution in [2.45, 2.75) is 70.6 Å². The maximum atomic E-state index is 5.88. The predicted octanol–water partition coefficient (Wildman–Crippen LogP) is 2.65. The lowest BCUT2D eigenvalue weighted by Gasteiger charge is -2.56. The third-order valence-electron chi connectivity index (χ3n) is 6.02. The second-order valence-corrected chi connectivity index (χ2v) is 6.94. The van der Waals surface area contributed by atoms with E-state index in [2.05, 4.69) is 45.1 Å². The molecule has 2 rings (SSSR count). The Balaban J connectivity index is 1.87. The predicted molar refractivity (Wildman–Crippen MR) is 80.5 cm³/mol. The SMILES string of the molecule is CCOC1CC(NCC2(N(C)C)CCC2)C1(C)CC. The average Bonchev–Trinajstić information content (AvgIpc) is 2.33. The van der Waals surface area contributed by atoms with Gasteiger partial charge in [0.15, 0.2) is 0 Å². The van der Waals surface area contributed by atoms with Crippen LogP contribution in [0.3, 0.4) is 0 Å². The quantitative estimate of drug-likeness (QED) is 0.768. The van der Waals surface area contributed by atoms with E-state index in [1.807, 2.05) is 0 Å². The van der Waals surface area contributed by atoms with E-state index in [1.165, 1.54) is 32.1 Å². The van der Waals surface area contributed by atoms with E-state index < -0.39 is 0 Å². The lowest BCUT2D eigenvalue weighted by Crippen LogP contribution is -2.66. The summed E-state index contributed by atoms with van der Waals surface area (Å²) in [6.07, 6.45) is 6.91. The Hall–Kier alpha value is -0.120. The zero-order valence-corrected chi connectivity index (χ0v) is 13.5. The van der Waals surface area contributed by atoms with Crippen molar-refractivity contribution in [2.24, 2.45) is 5.41 Å². The largest absolute Gasteiger partial charge is 0.378 e. The minimum atomic E-state index is 0.327. The van der Waals surface area contributed by atoms with Crippen LogP contribution < -0.4 is 5.32 Å². The van der Waals surface area contributed by atoms with Crippen LogP contribution in [0.15, 0.2) is 0 Å². The van der Waals surface area contributed by atoms with E-state index >= 15 is 0 Å². The molecule has 0 aromatic rings. The highest BCUT2D eigenvalue weighted by atomic mass is 16.5. The van der Waals surface area contributed by atoms with Gasteiger partial charge in [-0.05, 0) is 53.1 Å². The summed E-state index contributed by atoms with van der Waals surface area (Å²) in [5, 5.41) is 3.85. The maximum Gasteiger partial charge on any atom is 0.0658 e. The monoisotopic (exact) mass is 268 g/mol. The van der Waals surface area contributed by atoms with Gasteiger partial charge in [0.1, 0.15) is 0 Å². The van der Waals surface area contributed by atoms with E-state index in [0.717, 1.165) is 13.2 Å². The van der Waals surface area contributed by atoms with Gasteiger partial charge >= 0.3 is 0 Å². The van der Waals surface area contributed by atoms with Crippen LogP contribution in [0.1, 0.15) is 52.9 Å². The molecule has 0 heterocycles. The average molecular weight is 268 g/mol. The summed E-state index contributed by atoms with van der Waals surface area (Å²) in [5.74, 6) is 0. The zero-order chi connectivity index (χ0) is 14.1. The molecule has 2 saturated carbocycles. The molecule has 2 aliphatic rings. The maximum absolute atomic E-state index is 5.88. The molecule has 0 spiro atoms. The molecule has 3 unspecified atom stereocenters. The third-order valence-corrected chi connectivity index (χ3v) is 6.02. The highest BCUT2D eigenvalue weighted by Crippen LogP contribution is 2.46. The van der Waals surface area contributed by atoms with Gasteiger partial charge < -0.3 is 15.0 Å². The number of likely N-dealkylation sites (N-methyl/N-ethyl adjacent to an activating group) is 1. The van der Waals surface area contributed by atoms with Crippen molar-refractivity contribution in [3.63, 3.8) is 0 Å². The van der Waals surface area contributed by atoms with Crippen molar-refractivity contribution in [2.75, 3.05) is 27.2 Å². The van der Waals surface area contributed by atoms with Gasteiger partial charge in [-0.25, -0.2) is 0 Å². The Bertz CT molecular complexity index is 301. The van der Waals surface area contributed by atoms with Crippen LogP contribution in [0.5, 0.6) is 0 Å². The van der Waals surface area contributed by atoms with Gasteiger partial charge in [-0.3, -0.25) is 0 Å². The van der Waals surface area contributed by atoms with E-state index in [4.69, 9.17) is 4.74 Å². The number of rotatable bonds is 7. The van der Waals surface area contributed by atoms with Crippen molar-refractivity contribution in [3.8, 4) is 0 Å². The Morgan fingerprint density at radius 2 is 1.95 bits per heavy atom. The zero-order valence-electron chi connectivity index (χ0n) is 13.5. The molecule has 0 saturated heterocycles. The molecule has 0 radical (unpaired) electrons. The standard InChI is InChI=1S/C16H32N2O/c1-6-15(3)13(11-14(15)19-7-2)17-12-16(18(4)5)9-8-10-16/h13-14,17H,6-12H2,1-5H3. The molecule has 3 heteroatoms. The molecule has 0 amide bonds. The summed E-state index contributed by atoms with van der Waals surface area (Å²) in [6, 6.07) is 0.631. The Morgan fingerprint density at radius 3 is 2.37 bits per heavy atom. The van der Waals surface area contributed by atoms with Crippen LogP contribution in [0.4, 0.5) is 0 Å². The van der Waals surface area contributed by atoms with Crippen molar-refractivity contribution in [3.05, 3.63) is 0 Å². The molecular weight excluding hydrogens is 236 g/mol. The minimum Gasteiger partial charge on any atom is -0.378 e. The topological polar surface area (TPSA) is 24.5 Å². The van der Waals surface area contributed by atoms with Gasteiger partial charge in [-0.1, -0.05) is 13.8 Å². The van der Waals surface area contributed by atoms with Crippen molar-refractivity contribution < 1.29 is 4.74 Å². The molecule has 0 aliphatic heterocycles. The van der Waals surface area contributed by atoms with E-state index in [0.29, 0.717) is 23.1 Å².